The highest BCUT2D eigenvalue weighted by atomic mass is 16.5. The van der Waals surface area contributed by atoms with Crippen LogP contribution < -0.4 is 11.1 Å². The normalized spacial score (nSPS) is 18.4. The van der Waals surface area contributed by atoms with E-state index >= 15 is 0 Å². The van der Waals surface area contributed by atoms with Crippen molar-refractivity contribution in [3.8, 4) is 5.69 Å². The third kappa shape index (κ3) is 3.22. The summed E-state index contributed by atoms with van der Waals surface area (Å²) in [6, 6.07) is 9.13. The Morgan fingerprint density at radius 3 is 3.10 bits per heavy atom. The molecule has 21 heavy (non-hydrogen) atoms. The first kappa shape index (κ1) is 13.6. The van der Waals surface area contributed by atoms with Gasteiger partial charge in [0.25, 0.3) is 5.91 Å². The van der Waals surface area contributed by atoms with Crippen LogP contribution in [-0.2, 0) is 4.74 Å². The number of nitrogens with one attached hydrogen (secondary N) is 1. The molecule has 2 heterocycles. The van der Waals surface area contributed by atoms with Gasteiger partial charge in [-0.1, -0.05) is 6.07 Å². The molecule has 1 amide bonds. The lowest BCUT2D eigenvalue weighted by atomic mass is 10.1. The fraction of sp³-hybridized carbons (Fsp3) is 0.333. The van der Waals surface area contributed by atoms with E-state index in [0.717, 1.165) is 25.1 Å². The molecule has 2 aromatic rings. The average molecular weight is 286 g/mol. The molecule has 6 heteroatoms. The molecule has 1 aliphatic rings. The van der Waals surface area contributed by atoms with E-state index in [4.69, 9.17) is 10.5 Å². The van der Waals surface area contributed by atoms with Crippen molar-refractivity contribution in [2.75, 3.05) is 18.9 Å². The van der Waals surface area contributed by atoms with Crippen molar-refractivity contribution in [1.82, 2.24) is 15.1 Å². The van der Waals surface area contributed by atoms with Crippen molar-refractivity contribution in [2.24, 2.45) is 0 Å². The summed E-state index contributed by atoms with van der Waals surface area (Å²) in [6.07, 6.45) is 3.67. The minimum Gasteiger partial charge on any atom is -0.399 e. The Morgan fingerprint density at radius 2 is 2.33 bits per heavy atom. The molecule has 1 atom stereocenters. The van der Waals surface area contributed by atoms with Crippen LogP contribution >= 0.6 is 0 Å². The average Bonchev–Trinajstić information content (AvgIpc) is 2.98. The van der Waals surface area contributed by atoms with Gasteiger partial charge in [-0.25, -0.2) is 4.68 Å². The van der Waals surface area contributed by atoms with E-state index < -0.39 is 0 Å². The fourth-order valence-electron chi connectivity index (χ4n) is 2.37. The molecule has 1 saturated heterocycles. The molecule has 1 aromatic carbocycles. The lowest BCUT2D eigenvalue weighted by Gasteiger charge is -2.22. The van der Waals surface area contributed by atoms with Gasteiger partial charge in [0.15, 0.2) is 5.69 Å². The van der Waals surface area contributed by atoms with Crippen LogP contribution in [0.3, 0.4) is 0 Å². The van der Waals surface area contributed by atoms with Crippen LogP contribution in [0.5, 0.6) is 0 Å². The number of anilines is 1. The van der Waals surface area contributed by atoms with Gasteiger partial charge >= 0.3 is 0 Å². The molecule has 1 aromatic heterocycles. The second-order valence-corrected chi connectivity index (χ2v) is 5.13. The van der Waals surface area contributed by atoms with Crippen LogP contribution in [0.15, 0.2) is 36.5 Å². The van der Waals surface area contributed by atoms with Crippen molar-refractivity contribution in [3.05, 3.63) is 42.2 Å². The van der Waals surface area contributed by atoms with Crippen molar-refractivity contribution < 1.29 is 9.53 Å². The molecule has 0 spiro atoms. The molecule has 0 saturated carbocycles. The summed E-state index contributed by atoms with van der Waals surface area (Å²) in [5.74, 6) is -0.173. The number of nitrogen functional groups attached to an aromatic ring is 1. The topological polar surface area (TPSA) is 82.2 Å². The highest BCUT2D eigenvalue weighted by Gasteiger charge is 2.18. The molecule has 1 fully saturated rings. The zero-order valence-corrected chi connectivity index (χ0v) is 11.7. The lowest BCUT2D eigenvalue weighted by Crippen LogP contribution is -2.40. The second kappa shape index (κ2) is 5.97. The number of amides is 1. The van der Waals surface area contributed by atoms with E-state index in [0.29, 0.717) is 18.0 Å². The molecule has 110 valence electrons. The first-order valence-electron chi connectivity index (χ1n) is 7.02. The van der Waals surface area contributed by atoms with Crippen LogP contribution in [-0.4, -0.2) is 34.9 Å². The van der Waals surface area contributed by atoms with Gasteiger partial charge in [0.05, 0.1) is 18.3 Å². The highest BCUT2D eigenvalue weighted by molar-refractivity contribution is 5.92. The van der Waals surface area contributed by atoms with Crippen molar-refractivity contribution in [3.63, 3.8) is 0 Å². The summed E-state index contributed by atoms with van der Waals surface area (Å²) in [5, 5.41) is 7.24. The third-order valence-corrected chi connectivity index (χ3v) is 3.45. The Hall–Kier alpha value is -2.34. The maximum atomic E-state index is 12.2. The number of nitrogens with two attached hydrogens (primary N) is 1. The number of benzene rings is 1. The van der Waals surface area contributed by atoms with Crippen LogP contribution in [0, 0.1) is 0 Å². The Morgan fingerprint density at radius 1 is 1.43 bits per heavy atom. The van der Waals surface area contributed by atoms with Crippen LogP contribution in [0.1, 0.15) is 23.3 Å². The van der Waals surface area contributed by atoms with Crippen molar-refractivity contribution in [2.45, 2.75) is 18.9 Å². The summed E-state index contributed by atoms with van der Waals surface area (Å²) in [7, 11) is 0. The van der Waals surface area contributed by atoms with Gasteiger partial charge in [-0.15, -0.1) is 0 Å². The van der Waals surface area contributed by atoms with Crippen LogP contribution in [0.25, 0.3) is 5.69 Å². The molecule has 1 aliphatic heterocycles. The predicted molar refractivity (Wildman–Crippen MR) is 79.3 cm³/mol. The second-order valence-electron chi connectivity index (χ2n) is 5.13. The van der Waals surface area contributed by atoms with E-state index in [-0.39, 0.29) is 11.9 Å². The standard InChI is InChI=1S/C15H18N4O2/c16-11-3-1-5-13(9-11)19-7-6-14(18-19)15(20)17-12-4-2-8-21-10-12/h1,3,5-7,9,12H,2,4,8,10,16H2,(H,17,20). The Bertz CT molecular complexity index is 632. The zero-order chi connectivity index (χ0) is 14.7. The number of carbonyl (C=O) groups excluding carboxylic acids is 1. The largest absolute Gasteiger partial charge is 0.399 e. The lowest BCUT2D eigenvalue weighted by molar-refractivity contribution is 0.0622. The van der Waals surface area contributed by atoms with Gasteiger partial charge < -0.3 is 15.8 Å². The number of ether oxygens (including phenoxy) is 1. The molecule has 0 radical (unpaired) electrons. The van der Waals surface area contributed by atoms with Crippen LogP contribution in [0.2, 0.25) is 0 Å². The number of hydrogen-bond acceptors (Lipinski definition) is 4. The monoisotopic (exact) mass is 286 g/mol. The van der Waals surface area contributed by atoms with Crippen LogP contribution in [0.4, 0.5) is 5.69 Å². The summed E-state index contributed by atoms with van der Waals surface area (Å²) >= 11 is 0. The van der Waals surface area contributed by atoms with Crippen molar-refractivity contribution in [1.29, 1.82) is 0 Å². The molecular formula is C15H18N4O2. The Balaban J connectivity index is 1.70. The van der Waals surface area contributed by atoms with Gasteiger partial charge in [-0.2, -0.15) is 5.10 Å². The summed E-state index contributed by atoms with van der Waals surface area (Å²) in [6.45, 7) is 1.35. The number of aromatic nitrogens is 2. The maximum absolute atomic E-state index is 12.2. The Labute approximate surface area is 122 Å². The van der Waals surface area contributed by atoms with E-state index in [2.05, 4.69) is 10.4 Å². The molecular weight excluding hydrogens is 268 g/mol. The highest BCUT2D eigenvalue weighted by Crippen LogP contribution is 2.12. The van der Waals surface area contributed by atoms with E-state index in [1.54, 1.807) is 16.9 Å². The van der Waals surface area contributed by atoms with Gasteiger partial charge in [0.1, 0.15) is 0 Å². The number of carbonyl (C=O) groups is 1. The summed E-state index contributed by atoms with van der Waals surface area (Å²) in [5.41, 5.74) is 7.63. The van der Waals surface area contributed by atoms with Crippen molar-refractivity contribution >= 4 is 11.6 Å². The van der Waals surface area contributed by atoms with Gasteiger partial charge in [0, 0.05) is 18.5 Å². The summed E-state index contributed by atoms with van der Waals surface area (Å²) in [4.78, 5) is 12.2. The molecule has 6 nitrogen and oxygen atoms in total. The molecule has 0 aliphatic carbocycles. The third-order valence-electron chi connectivity index (χ3n) is 3.45. The van der Waals surface area contributed by atoms with Gasteiger partial charge in [-0.3, -0.25) is 4.79 Å². The van der Waals surface area contributed by atoms with E-state index in [1.807, 2.05) is 24.3 Å². The molecule has 1 unspecified atom stereocenters. The number of hydrogen-bond donors (Lipinski definition) is 2. The minimum absolute atomic E-state index is 0.0729. The summed E-state index contributed by atoms with van der Waals surface area (Å²) < 4.78 is 6.99. The zero-order valence-electron chi connectivity index (χ0n) is 11.7. The van der Waals surface area contributed by atoms with E-state index in [9.17, 15) is 4.79 Å². The fourth-order valence-corrected chi connectivity index (χ4v) is 2.37. The van der Waals surface area contributed by atoms with Gasteiger partial charge in [-0.05, 0) is 37.1 Å². The van der Waals surface area contributed by atoms with E-state index in [1.165, 1.54) is 0 Å². The molecule has 3 N–H and O–H groups in total. The van der Waals surface area contributed by atoms with Gasteiger partial charge in [0.2, 0.25) is 0 Å². The Kier molecular flexibility index (Phi) is 3.87. The maximum Gasteiger partial charge on any atom is 0.272 e. The number of nitrogens with zero attached hydrogens (tertiary/aromatic N) is 2. The predicted octanol–water partition coefficient (Wildman–Crippen LogP) is 1.36. The first-order chi connectivity index (χ1) is 10.2. The first-order valence-corrected chi connectivity index (χ1v) is 7.02. The molecule has 3 rings (SSSR count). The minimum atomic E-state index is -0.173. The molecule has 0 bridgehead atoms. The quantitative estimate of drug-likeness (QED) is 0.835. The number of rotatable bonds is 3. The SMILES string of the molecule is Nc1cccc(-n2ccc(C(=O)NC3CCCOC3)n2)c1. The smallest absolute Gasteiger partial charge is 0.272 e.